The molecule has 0 atom stereocenters. The molecule has 0 aliphatic rings. The Balaban J connectivity index is 2.61. The van der Waals surface area contributed by atoms with E-state index in [-0.39, 0.29) is 13.2 Å². The number of rotatable bonds is 6. The summed E-state index contributed by atoms with van der Waals surface area (Å²) in [5.74, 6) is 0. The number of hydrogen-bond acceptors (Lipinski definition) is 2. The summed E-state index contributed by atoms with van der Waals surface area (Å²) < 4.78 is 36.5. The molecule has 0 amide bonds. The number of para-hydroxylation sites is 1. The van der Waals surface area contributed by atoms with Crippen LogP contribution in [0.25, 0.3) is 0 Å². The van der Waals surface area contributed by atoms with Gasteiger partial charge in [-0.3, -0.25) is 0 Å². The molecule has 0 fully saturated rings. The predicted molar refractivity (Wildman–Crippen MR) is 61.0 cm³/mol. The maximum Gasteiger partial charge on any atom is 0.390 e. The van der Waals surface area contributed by atoms with Gasteiger partial charge in [-0.2, -0.15) is 13.2 Å². The Morgan fingerprint density at radius 3 is 2.24 bits per heavy atom. The van der Waals surface area contributed by atoms with Crippen LogP contribution in [0.5, 0.6) is 0 Å². The lowest BCUT2D eigenvalue weighted by molar-refractivity contribution is -0.132. The van der Waals surface area contributed by atoms with Gasteiger partial charge in [0.05, 0.1) is 6.42 Å². The van der Waals surface area contributed by atoms with E-state index < -0.39 is 12.6 Å². The highest BCUT2D eigenvalue weighted by atomic mass is 19.4. The van der Waals surface area contributed by atoms with Gasteiger partial charge in [0.2, 0.25) is 0 Å². The van der Waals surface area contributed by atoms with Gasteiger partial charge in [-0.05, 0) is 18.6 Å². The molecule has 1 N–H and O–H groups in total. The third-order valence-electron chi connectivity index (χ3n) is 2.37. The molecule has 1 rings (SSSR count). The van der Waals surface area contributed by atoms with Crippen molar-refractivity contribution in [2.24, 2.45) is 0 Å². The zero-order chi connectivity index (χ0) is 12.7. The van der Waals surface area contributed by atoms with Crippen molar-refractivity contribution < 1.29 is 18.3 Å². The topological polar surface area (TPSA) is 23.5 Å². The molecule has 0 aromatic heterocycles. The van der Waals surface area contributed by atoms with Crippen LogP contribution in [0.2, 0.25) is 0 Å². The summed E-state index contributed by atoms with van der Waals surface area (Å²) in [6.45, 7) is 0.333. The molecule has 1 aromatic rings. The predicted octanol–water partition coefficient (Wildman–Crippen LogP) is 2.83. The van der Waals surface area contributed by atoms with Crippen LogP contribution in [-0.4, -0.2) is 31.0 Å². The Bertz CT molecular complexity index is 313. The fourth-order valence-electron chi connectivity index (χ4n) is 1.53. The molecule has 96 valence electrons. The highest BCUT2D eigenvalue weighted by Crippen LogP contribution is 2.22. The maximum absolute atomic E-state index is 12.2. The average molecular weight is 247 g/mol. The van der Waals surface area contributed by atoms with E-state index in [0.717, 1.165) is 5.69 Å². The Morgan fingerprint density at radius 1 is 1.06 bits per heavy atom. The summed E-state index contributed by atoms with van der Waals surface area (Å²) in [4.78, 5) is 1.64. The molecule has 0 unspecified atom stereocenters. The van der Waals surface area contributed by atoms with Crippen LogP contribution in [0.15, 0.2) is 30.3 Å². The van der Waals surface area contributed by atoms with Crippen LogP contribution < -0.4 is 4.90 Å². The van der Waals surface area contributed by atoms with Crippen molar-refractivity contribution in [2.75, 3.05) is 24.6 Å². The highest BCUT2D eigenvalue weighted by Gasteiger charge is 2.27. The van der Waals surface area contributed by atoms with Crippen LogP contribution in [0.3, 0.4) is 0 Å². The molecule has 1 aromatic carbocycles. The Hall–Kier alpha value is -1.23. The standard InChI is InChI=1S/C12H16F3NO/c13-12(14,15)7-9-16(8-4-10-17)11-5-2-1-3-6-11/h1-3,5-6,17H,4,7-10H2. The number of aliphatic hydroxyl groups is 1. The summed E-state index contributed by atoms with van der Waals surface area (Å²) in [7, 11) is 0. The molecular weight excluding hydrogens is 231 g/mol. The van der Waals surface area contributed by atoms with Crippen molar-refractivity contribution in [3.8, 4) is 0 Å². The van der Waals surface area contributed by atoms with Crippen molar-refractivity contribution in [1.29, 1.82) is 0 Å². The van der Waals surface area contributed by atoms with Gasteiger partial charge in [-0.25, -0.2) is 0 Å². The summed E-state index contributed by atoms with van der Waals surface area (Å²) in [6.07, 6.45) is -4.52. The van der Waals surface area contributed by atoms with Gasteiger partial charge < -0.3 is 10.0 Å². The van der Waals surface area contributed by atoms with Crippen molar-refractivity contribution in [1.82, 2.24) is 0 Å². The van der Waals surface area contributed by atoms with Gasteiger partial charge in [0.15, 0.2) is 0 Å². The summed E-state index contributed by atoms with van der Waals surface area (Å²) in [5.41, 5.74) is 0.755. The quantitative estimate of drug-likeness (QED) is 0.835. The molecule has 2 nitrogen and oxygen atoms in total. The minimum atomic E-state index is -4.15. The van der Waals surface area contributed by atoms with E-state index in [1.807, 2.05) is 6.07 Å². The van der Waals surface area contributed by atoms with E-state index in [1.165, 1.54) is 0 Å². The third-order valence-corrected chi connectivity index (χ3v) is 2.37. The summed E-state index contributed by atoms with van der Waals surface area (Å²) in [6, 6.07) is 8.93. The fourth-order valence-corrected chi connectivity index (χ4v) is 1.53. The van der Waals surface area contributed by atoms with Crippen LogP contribution in [-0.2, 0) is 0 Å². The van der Waals surface area contributed by atoms with E-state index in [1.54, 1.807) is 29.2 Å². The lowest BCUT2D eigenvalue weighted by Gasteiger charge is -2.25. The second-order valence-electron chi connectivity index (χ2n) is 3.76. The molecule has 0 saturated carbocycles. The monoisotopic (exact) mass is 247 g/mol. The lowest BCUT2D eigenvalue weighted by Crippen LogP contribution is -2.29. The van der Waals surface area contributed by atoms with Gasteiger partial charge >= 0.3 is 6.18 Å². The maximum atomic E-state index is 12.2. The van der Waals surface area contributed by atoms with Gasteiger partial charge in [-0.15, -0.1) is 0 Å². The zero-order valence-corrected chi connectivity index (χ0v) is 9.45. The van der Waals surface area contributed by atoms with Crippen molar-refractivity contribution >= 4 is 5.69 Å². The minimum Gasteiger partial charge on any atom is -0.396 e. The van der Waals surface area contributed by atoms with Crippen molar-refractivity contribution in [2.45, 2.75) is 19.0 Å². The lowest BCUT2D eigenvalue weighted by atomic mass is 10.2. The highest BCUT2D eigenvalue weighted by molar-refractivity contribution is 5.45. The third kappa shape index (κ3) is 5.58. The van der Waals surface area contributed by atoms with Crippen molar-refractivity contribution in [3.63, 3.8) is 0 Å². The van der Waals surface area contributed by atoms with Crippen LogP contribution >= 0.6 is 0 Å². The molecule has 0 bridgehead atoms. The minimum absolute atomic E-state index is 0.0185. The largest absolute Gasteiger partial charge is 0.396 e. The first-order valence-corrected chi connectivity index (χ1v) is 5.50. The van der Waals surface area contributed by atoms with E-state index >= 15 is 0 Å². The molecule has 0 aliphatic heterocycles. The molecule has 0 aliphatic carbocycles. The van der Waals surface area contributed by atoms with Crippen LogP contribution in [0, 0.1) is 0 Å². The molecule has 0 saturated heterocycles. The second kappa shape index (κ2) is 6.49. The fraction of sp³-hybridized carbons (Fsp3) is 0.500. The molecule has 0 spiro atoms. The number of aliphatic hydroxyl groups excluding tert-OH is 1. The average Bonchev–Trinajstić information content (AvgIpc) is 2.29. The van der Waals surface area contributed by atoms with Gasteiger partial charge in [0.1, 0.15) is 0 Å². The number of hydrogen-bond donors (Lipinski definition) is 1. The smallest absolute Gasteiger partial charge is 0.390 e. The molecule has 17 heavy (non-hydrogen) atoms. The Kier molecular flexibility index (Phi) is 5.28. The first kappa shape index (κ1) is 13.8. The second-order valence-corrected chi connectivity index (χ2v) is 3.76. The first-order valence-electron chi connectivity index (χ1n) is 5.50. The normalized spacial score (nSPS) is 11.5. The number of alkyl halides is 3. The van der Waals surface area contributed by atoms with Gasteiger partial charge in [0.25, 0.3) is 0 Å². The number of halogens is 3. The first-order chi connectivity index (χ1) is 8.03. The number of benzene rings is 1. The van der Waals surface area contributed by atoms with E-state index in [0.29, 0.717) is 13.0 Å². The van der Waals surface area contributed by atoms with E-state index in [2.05, 4.69) is 0 Å². The summed E-state index contributed by atoms with van der Waals surface area (Å²) >= 11 is 0. The summed E-state index contributed by atoms with van der Waals surface area (Å²) in [5, 5.41) is 8.74. The Morgan fingerprint density at radius 2 is 1.71 bits per heavy atom. The number of nitrogens with zero attached hydrogens (tertiary/aromatic N) is 1. The van der Waals surface area contributed by atoms with E-state index in [9.17, 15) is 13.2 Å². The van der Waals surface area contributed by atoms with Crippen LogP contribution in [0.1, 0.15) is 12.8 Å². The molecule has 0 heterocycles. The van der Waals surface area contributed by atoms with Gasteiger partial charge in [0, 0.05) is 25.4 Å². The zero-order valence-electron chi connectivity index (χ0n) is 9.45. The molecule has 0 radical (unpaired) electrons. The molecular formula is C12H16F3NO. The Labute approximate surface area is 98.7 Å². The van der Waals surface area contributed by atoms with Crippen LogP contribution in [0.4, 0.5) is 18.9 Å². The van der Waals surface area contributed by atoms with Gasteiger partial charge in [-0.1, -0.05) is 18.2 Å². The van der Waals surface area contributed by atoms with Crippen molar-refractivity contribution in [3.05, 3.63) is 30.3 Å². The number of anilines is 1. The molecule has 5 heteroatoms. The SMILES string of the molecule is OCCCN(CCC(F)(F)F)c1ccccc1. The van der Waals surface area contributed by atoms with E-state index in [4.69, 9.17) is 5.11 Å².